The van der Waals surface area contributed by atoms with E-state index in [9.17, 15) is 9.59 Å². The fourth-order valence-corrected chi connectivity index (χ4v) is 1.28. The molecule has 0 radical (unpaired) electrons. The van der Waals surface area contributed by atoms with Gasteiger partial charge in [-0.25, -0.2) is 4.79 Å². The van der Waals surface area contributed by atoms with E-state index in [1.165, 1.54) is 7.11 Å². The van der Waals surface area contributed by atoms with Crippen LogP contribution in [0.4, 0.5) is 5.69 Å². The number of methoxy groups -OCH3 is 1. The Labute approximate surface area is 117 Å². The number of nitrogens with one attached hydrogen (secondary N) is 1. The average molecular weight is 282 g/mol. The van der Waals surface area contributed by atoms with Crippen molar-refractivity contribution in [3.63, 3.8) is 0 Å². The van der Waals surface area contributed by atoms with Crippen molar-refractivity contribution in [3.05, 3.63) is 24.3 Å². The number of benzene rings is 1. The minimum Gasteiger partial charge on any atom is -0.482 e. The molecule has 7 heteroatoms. The van der Waals surface area contributed by atoms with Crippen molar-refractivity contribution in [1.82, 2.24) is 0 Å². The summed E-state index contributed by atoms with van der Waals surface area (Å²) in [6, 6.07) is 6.60. The van der Waals surface area contributed by atoms with Gasteiger partial charge in [-0.2, -0.15) is 0 Å². The van der Waals surface area contributed by atoms with Crippen LogP contribution < -0.4 is 15.8 Å². The predicted molar refractivity (Wildman–Crippen MR) is 72.5 cm³/mol. The van der Waals surface area contributed by atoms with Gasteiger partial charge in [0.15, 0.2) is 6.61 Å². The van der Waals surface area contributed by atoms with E-state index in [1.807, 2.05) is 0 Å². The van der Waals surface area contributed by atoms with Crippen LogP contribution >= 0.6 is 0 Å². The van der Waals surface area contributed by atoms with Gasteiger partial charge >= 0.3 is 5.97 Å². The minimum atomic E-state index is -0.459. The quantitative estimate of drug-likeness (QED) is 0.520. The molecule has 110 valence electrons. The van der Waals surface area contributed by atoms with Gasteiger partial charge in [-0.3, -0.25) is 4.79 Å². The number of hydrogen-bond acceptors (Lipinski definition) is 6. The van der Waals surface area contributed by atoms with E-state index in [0.29, 0.717) is 24.6 Å². The molecule has 0 aliphatic carbocycles. The number of amides is 1. The van der Waals surface area contributed by atoms with Crippen molar-refractivity contribution in [3.8, 4) is 5.75 Å². The molecule has 0 aliphatic heterocycles. The monoisotopic (exact) mass is 282 g/mol. The van der Waals surface area contributed by atoms with Crippen LogP contribution in [0.1, 0.15) is 0 Å². The number of rotatable bonds is 8. The molecular weight excluding hydrogens is 264 g/mol. The van der Waals surface area contributed by atoms with Gasteiger partial charge in [0.2, 0.25) is 5.91 Å². The second kappa shape index (κ2) is 8.89. The molecule has 0 heterocycles. The maximum atomic E-state index is 11.5. The molecule has 0 spiro atoms. The summed E-state index contributed by atoms with van der Waals surface area (Å²) in [6.07, 6.45) is 0. The first kappa shape index (κ1) is 15.9. The summed E-state index contributed by atoms with van der Waals surface area (Å²) in [6.45, 7) is 0.514. The normalized spacial score (nSPS) is 9.90. The first-order chi connectivity index (χ1) is 9.65. The Kier molecular flexibility index (Phi) is 7.08. The van der Waals surface area contributed by atoms with Crippen LogP contribution in [0.2, 0.25) is 0 Å². The van der Waals surface area contributed by atoms with Gasteiger partial charge in [0.25, 0.3) is 0 Å². The van der Waals surface area contributed by atoms with Crippen molar-refractivity contribution < 1.29 is 23.8 Å². The summed E-state index contributed by atoms with van der Waals surface area (Å²) in [5.41, 5.74) is 5.85. The molecule has 0 unspecified atom stereocenters. The van der Waals surface area contributed by atoms with E-state index in [0.717, 1.165) is 0 Å². The average Bonchev–Trinajstić information content (AvgIpc) is 2.46. The van der Waals surface area contributed by atoms with Gasteiger partial charge < -0.3 is 25.3 Å². The molecule has 0 bridgehead atoms. The molecule has 1 amide bonds. The Bertz CT molecular complexity index is 433. The van der Waals surface area contributed by atoms with Gasteiger partial charge in [-0.05, 0) is 24.3 Å². The number of hydrogen-bond donors (Lipinski definition) is 2. The lowest BCUT2D eigenvalue weighted by atomic mass is 10.3. The van der Waals surface area contributed by atoms with Crippen molar-refractivity contribution >= 4 is 17.6 Å². The smallest absolute Gasteiger partial charge is 0.343 e. The number of carbonyl (C=O) groups is 2. The molecule has 1 aromatic carbocycles. The summed E-state index contributed by atoms with van der Waals surface area (Å²) >= 11 is 0. The van der Waals surface area contributed by atoms with Crippen molar-refractivity contribution in [1.29, 1.82) is 0 Å². The zero-order valence-electron chi connectivity index (χ0n) is 11.3. The second-order valence-corrected chi connectivity index (χ2v) is 3.78. The van der Waals surface area contributed by atoms with Gasteiger partial charge in [-0.1, -0.05) is 0 Å². The summed E-state index contributed by atoms with van der Waals surface area (Å²) in [4.78, 5) is 22.4. The SMILES string of the molecule is COC(=O)COc1ccc(NC(=O)COCCN)cc1. The fourth-order valence-electron chi connectivity index (χ4n) is 1.28. The largest absolute Gasteiger partial charge is 0.482 e. The third kappa shape index (κ3) is 6.17. The Balaban J connectivity index is 2.38. The summed E-state index contributed by atoms with van der Waals surface area (Å²) < 4.78 is 14.6. The zero-order valence-corrected chi connectivity index (χ0v) is 11.3. The molecule has 1 aromatic rings. The molecule has 20 heavy (non-hydrogen) atoms. The third-order valence-corrected chi connectivity index (χ3v) is 2.22. The van der Waals surface area contributed by atoms with Crippen LogP contribution in [0.3, 0.4) is 0 Å². The third-order valence-electron chi connectivity index (χ3n) is 2.22. The Morgan fingerprint density at radius 2 is 1.90 bits per heavy atom. The minimum absolute atomic E-state index is 0.0439. The number of esters is 1. The highest BCUT2D eigenvalue weighted by Gasteiger charge is 2.04. The first-order valence-electron chi connectivity index (χ1n) is 6.03. The highest BCUT2D eigenvalue weighted by molar-refractivity contribution is 5.91. The van der Waals surface area contributed by atoms with Crippen molar-refractivity contribution in [2.75, 3.05) is 38.8 Å². The van der Waals surface area contributed by atoms with E-state index in [2.05, 4.69) is 10.1 Å². The van der Waals surface area contributed by atoms with Gasteiger partial charge in [0.05, 0.1) is 13.7 Å². The van der Waals surface area contributed by atoms with Crippen LogP contribution in [-0.4, -0.2) is 45.4 Å². The van der Waals surface area contributed by atoms with Crippen molar-refractivity contribution in [2.45, 2.75) is 0 Å². The van der Waals surface area contributed by atoms with Crippen LogP contribution in [0.25, 0.3) is 0 Å². The highest BCUT2D eigenvalue weighted by Crippen LogP contribution is 2.15. The summed E-state index contributed by atoms with van der Waals surface area (Å²) in [5.74, 6) is -0.214. The number of carbonyl (C=O) groups excluding carboxylic acids is 2. The molecule has 3 N–H and O–H groups in total. The van der Waals surface area contributed by atoms with E-state index >= 15 is 0 Å². The van der Waals surface area contributed by atoms with Gasteiger partial charge in [0.1, 0.15) is 12.4 Å². The second-order valence-electron chi connectivity index (χ2n) is 3.78. The van der Waals surface area contributed by atoms with E-state index in [1.54, 1.807) is 24.3 Å². The lowest BCUT2D eigenvalue weighted by Gasteiger charge is -2.08. The maximum absolute atomic E-state index is 11.5. The zero-order chi connectivity index (χ0) is 14.8. The number of ether oxygens (including phenoxy) is 3. The summed E-state index contributed by atoms with van der Waals surface area (Å²) in [5, 5.41) is 2.65. The number of anilines is 1. The maximum Gasteiger partial charge on any atom is 0.343 e. The predicted octanol–water partition coefficient (Wildman–Crippen LogP) is 0.152. The lowest BCUT2D eigenvalue weighted by molar-refractivity contribution is -0.142. The molecule has 0 aliphatic rings. The first-order valence-corrected chi connectivity index (χ1v) is 6.03. The highest BCUT2D eigenvalue weighted by atomic mass is 16.6. The van der Waals surface area contributed by atoms with Crippen LogP contribution in [0.5, 0.6) is 5.75 Å². The fraction of sp³-hybridized carbons (Fsp3) is 0.385. The molecule has 1 rings (SSSR count). The van der Waals surface area contributed by atoms with E-state index in [4.69, 9.17) is 15.2 Å². The Morgan fingerprint density at radius 3 is 2.50 bits per heavy atom. The van der Waals surface area contributed by atoms with Crippen molar-refractivity contribution in [2.24, 2.45) is 5.73 Å². The molecule has 0 saturated heterocycles. The number of nitrogens with two attached hydrogens (primary N) is 1. The molecule has 0 saturated carbocycles. The van der Waals surface area contributed by atoms with Crippen LogP contribution in [0, 0.1) is 0 Å². The topological polar surface area (TPSA) is 99.9 Å². The molecule has 0 atom stereocenters. The lowest BCUT2D eigenvalue weighted by Crippen LogP contribution is -2.20. The molecular formula is C13H18N2O5. The Morgan fingerprint density at radius 1 is 1.20 bits per heavy atom. The van der Waals surface area contributed by atoms with Gasteiger partial charge in [-0.15, -0.1) is 0 Å². The molecule has 0 aromatic heterocycles. The van der Waals surface area contributed by atoms with Crippen LogP contribution in [-0.2, 0) is 19.1 Å². The Hall–Kier alpha value is -2.12. The van der Waals surface area contributed by atoms with Gasteiger partial charge in [0, 0.05) is 12.2 Å². The molecule has 7 nitrogen and oxygen atoms in total. The van der Waals surface area contributed by atoms with E-state index < -0.39 is 5.97 Å². The standard InChI is InChI=1S/C13H18N2O5/c1-18-13(17)9-20-11-4-2-10(3-5-11)15-12(16)8-19-7-6-14/h2-5H,6-9,14H2,1H3,(H,15,16). The summed E-state index contributed by atoms with van der Waals surface area (Å²) in [7, 11) is 1.29. The van der Waals surface area contributed by atoms with E-state index in [-0.39, 0.29) is 19.1 Å². The molecule has 0 fully saturated rings. The van der Waals surface area contributed by atoms with Crippen LogP contribution in [0.15, 0.2) is 24.3 Å².